The Hall–Kier alpha value is -2.15. The summed E-state index contributed by atoms with van der Waals surface area (Å²) in [6, 6.07) is 7.89. The first-order valence-corrected chi connectivity index (χ1v) is 9.80. The smallest absolute Gasteiger partial charge is 0.225 e. The second kappa shape index (κ2) is 6.39. The summed E-state index contributed by atoms with van der Waals surface area (Å²) in [5.41, 5.74) is 4.23. The Kier molecular flexibility index (Phi) is 4.45. The monoisotopic (exact) mass is 346 g/mol. The standard InChI is InChI=1S/C17H22N4O2S/c1-11-4-5-14(8-12(11)2)19-16-9-13(3)18-17(21-16)20-15-6-7-24(22,23)10-15/h4-5,8-9,15H,6-7,10H2,1-3H3,(H2,18,19,20,21). The Labute approximate surface area is 142 Å². The Balaban J connectivity index is 1.77. The highest BCUT2D eigenvalue weighted by Gasteiger charge is 2.28. The molecule has 1 fully saturated rings. The van der Waals surface area contributed by atoms with Gasteiger partial charge in [0.2, 0.25) is 5.95 Å². The lowest BCUT2D eigenvalue weighted by Gasteiger charge is -2.13. The highest BCUT2D eigenvalue weighted by Crippen LogP contribution is 2.21. The van der Waals surface area contributed by atoms with Crippen molar-refractivity contribution in [2.75, 3.05) is 22.1 Å². The maximum Gasteiger partial charge on any atom is 0.225 e. The van der Waals surface area contributed by atoms with Crippen molar-refractivity contribution in [2.45, 2.75) is 33.2 Å². The summed E-state index contributed by atoms with van der Waals surface area (Å²) in [6.07, 6.45) is 0.597. The van der Waals surface area contributed by atoms with Gasteiger partial charge in [0.1, 0.15) is 5.82 Å². The third kappa shape index (κ3) is 4.03. The van der Waals surface area contributed by atoms with Gasteiger partial charge in [-0.1, -0.05) is 6.07 Å². The molecule has 1 aromatic heterocycles. The number of aryl methyl sites for hydroxylation is 3. The van der Waals surface area contributed by atoms with Gasteiger partial charge in [-0.2, -0.15) is 4.98 Å². The average molecular weight is 346 g/mol. The third-order valence-electron chi connectivity index (χ3n) is 4.20. The summed E-state index contributed by atoms with van der Waals surface area (Å²) in [7, 11) is -2.93. The van der Waals surface area contributed by atoms with Gasteiger partial charge in [-0.3, -0.25) is 0 Å². The number of anilines is 3. The predicted octanol–water partition coefficient (Wildman–Crippen LogP) is 2.74. The lowest BCUT2D eigenvalue weighted by Crippen LogP contribution is -2.22. The van der Waals surface area contributed by atoms with E-state index < -0.39 is 9.84 Å². The Morgan fingerprint density at radius 3 is 2.54 bits per heavy atom. The van der Waals surface area contributed by atoms with Crippen LogP contribution < -0.4 is 10.6 Å². The third-order valence-corrected chi connectivity index (χ3v) is 5.97. The largest absolute Gasteiger partial charge is 0.350 e. The molecule has 24 heavy (non-hydrogen) atoms. The molecule has 0 aliphatic carbocycles. The van der Waals surface area contributed by atoms with E-state index in [0.717, 1.165) is 11.4 Å². The second-order valence-electron chi connectivity index (χ2n) is 6.39. The van der Waals surface area contributed by atoms with Crippen molar-refractivity contribution >= 4 is 27.3 Å². The summed E-state index contributed by atoms with van der Waals surface area (Å²) < 4.78 is 23.1. The zero-order valence-corrected chi connectivity index (χ0v) is 14.9. The minimum absolute atomic E-state index is 0.119. The molecule has 7 heteroatoms. The Morgan fingerprint density at radius 1 is 1.08 bits per heavy atom. The van der Waals surface area contributed by atoms with Crippen LogP contribution in [0.1, 0.15) is 23.2 Å². The van der Waals surface area contributed by atoms with E-state index in [0.29, 0.717) is 18.2 Å². The van der Waals surface area contributed by atoms with Gasteiger partial charge in [0.05, 0.1) is 11.5 Å². The number of hydrogen-bond acceptors (Lipinski definition) is 6. The number of nitrogens with one attached hydrogen (secondary N) is 2. The Bertz CT molecular complexity index is 865. The van der Waals surface area contributed by atoms with Crippen LogP contribution in [0.2, 0.25) is 0 Å². The molecule has 1 aliphatic heterocycles. The number of sulfone groups is 1. The van der Waals surface area contributed by atoms with Crippen LogP contribution in [0.5, 0.6) is 0 Å². The first-order chi connectivity index (χ1) is 11.3. The lowest BCUT2D eigenvalue weighted by atomic mass is 10.1. The van der Waals surface area contributed by atoms with Gasteiger partial charge in [0.25, 0.3) is 0 Å². The van der Waals surface area contributed by atoms with Crippen LogP contribution in [-0.4, -0.2) is 35.9 Å². The fourth-order valence-electron chi connectivity index (χ4n) is 2.76. The molecule has 1 aliphatic rings. The summed E-state index contributed by atoms with van der Waals surface area (Å²) in [6.45, 7) is 6.04. The number of benzene rings is 1. The van der Waals surface area contributed by atoms with E-state index in [1.807, 2.05) is 19.1 Å². The minimum Gasteiger partial charge on any atom is -0.350 e. The molecule has 1 aromatic carbocycles. The van der Waals surface area contributed by atoms with Crippen molar-refractivity contribution < 1.29 is 8.42 Å². The quantitative estimate of drug-likeness (QED) is 0.885. The van der Waals surface area contributed by atoms with Gasteiger partial charge in [0, 0.05) is 23.5 Å². The van der Waals surface area contributed by atoms with Gasteiger partial charge in [-0.25, -0.2) is 13.4 Å². The zero-order chi connectivity index (χ0) is 17.3. The molecule has 2 aromatic rings. The van der Waals surface area contributed by atoms with Gasteiger partial charge < -0.3 is 10.6 Å². The van der Waals surface area contributed by atoms with Crippen LogP contribution in [0.3, 0.4) is 0 Å². The van der Waals surface area contributed by atoms with Gasteiger partial charge in [-0.05, 0) is 50.5 Å². The molecule has 0 bridgehead atoms. The van der Waals surface area contributed by atoms with Gasteiger partial charge >= 0.3 is 0 Å². The highest BCUT2D eigenvalue weighted by atomic mass is 32.2. The predicted molar refractivity (Wildman–Crippen MR) is 96.6 cm³/mol. The Morgan fingerprint density at radius 2 is 1.88 bits per heavy atom. The van der Waals surface area contributed by atoms with Crippen molar-refractivity contribution in [1.29, 1.82) is 0 Å². The van der Waals surface area contributed by atoms with Gasteiger partial charge in [-0.15, -0.1) is 0 Å². The fourth-order valence-corrected chi connectivity index (χ4v) is 4.43. The number of rotatable bonds is 4. The van der Waals surface area contributed by atoms with Crippen LogP contribution in [0.25, 0.3) is 0 Å². The maximum absolute atomic E-state index is 11.6. The van der Waals surface area contributed by atoms with E-state index in [1.54, 1.807) is 0 Å². The molecule has 0 radical (unpaired) electrons. The molecule has 1 unspecified atom stereocenters. The molecule has 0 spiro atoms. The van der Waals surface area contributed by atoms with Crippen molar-refractivity contribution in [1.82, 2.24) is 9.97 Å². The van der Waals surface area contributed by atoms with Crippen LogP contribution in [0, 0.1) is 20.8 Å². The molecule has 2 heterocycles. The molecule has 2 N–H and O–H groups in total. The topological polar surface area (TPSA) is 84.0 Å². The molecule has 6 nitrogen and oxygen atoms in total. The van der Waals surface area contributed by atoms with Crippen LogP contribution >= 0.6 is 0 Å². The molecular formula is C17H22N4O2S. The highest BCUT2D eigenvalue weighted by molar-refractivity contribution is 7.91. The minimum atomic E-state index is -2.93. The summed E-state index contributed by atoms with van der Waals surface area (Å²) >= 11 is 0. The van der Waals surface area contributed by atoms with Crippen LogP contribution in [0.4, 0.5) is 17.5 Å². The molecule has 0 saturated carbocycles. The summed E-state index contributed by atoms with van der Waals surface area (Å²) in [4.78, 5) is 8.83. The fraction of sp³-hybridized carbons (Fsp3) is 0.412. The SMILES string of the molecule is Cc1cc(Nc2ccc(C)c(C)c2)nc(NC2CCS(=O)(=O)C2)n1. The number of hydrogen-bond donors (Lipinski definition) is 2. The van der Waals surface area contributed by atoms with Crippen molar-refractivity contribution in [3.8, 4) is 0 Å². The van der Waals surface area contributed by atoms with E-state index in [9.17, 15) is 8.42 Å². The normalized spacial score (nSPS) is 19.2. The van der Waals surface area contributed by atoms with Crippen LogP contribution in [0.15, 0.2) is 24.3 Å². The molecular weight excluding hydrogens is 324 g/mol. The molecule has 1 atom stereocenters. The maximum atomic E-state index is 11.6. The number of nitrogens with zero attached hydrogens (tertiary/aromatic N) is 2. The first kappa shape index (κ1) is 16.7. The van der Waals surface area contributed by atoms with Crippen LogP contribution in [-0.2, 0) is 9.84 Å². The first-order valence-electron chi connectivity index (χ1n) is 7.98. The average Bonchev–Trinajstić information content (AvgIpc) is 2.81. The van der Waals surface area contributed by atoms with E-state index >= 15 is 0 Å². The van der Waals surface area contributed by atoms with Gasteiger partial charge in [0.15, 0.2) is 9.84 Å². The van der Waals surface area contributed by atoms with E-state index in [2.05, 4.69) is 46.6 Å². The van der Waals surface area contributed by atoms with E-state index in [4.69, 9.17) is 0 Å². The van der Waals surface area contributed by atoms with Crippen molar-refractivity contribution in [2.24, 2.45) is 0 Å². The molecule has 1 saturated heterocycles. The number of aromatic nitrogens is 2. The molecule has 3 rings (SSSR count). The zero-order valence-electron chi connectivity index (χ0n) is 14.1. The van der Waals surface area contributed by atoms with E-state index in [-0.39, 0.29) is 17.5 Å². The lowest BCUT2D eigenvalue weighted by molar-refractivity contribution is 0.602. The summed E-state index contributed by atoms with van der Waals surface area (Å²) in [5.74, 6) is 1.52. The van der Waals surface area contributed by atoms with E-state index in [1.165, 1.54) is 11.1 Å². The molecule has 0 amide bonds. The van der Waals surface area contributed by atoms with Crippen molar-refractivity contribution in [3.05, 3.63) is 41.1 Å². The second-order valence-corrected chi connectivity index (χ2v) is 8.62. The summed E-state index contributed by atoms with van der Waals surface area (Å²) in [5, 5.41) is 6.43. The van der Waals surface area contributed by atoms with Crippen molar-refractivity contribution in [3.63, 3.8) is 0 Å². The molecule has 128 valence electrons.